The molecule has 57 heavy (non-hydrogen) atoms. The van der Waals surface area contributed by atoms with Crippen molar-refractivity contribution >= 4 is 65.7 Å². The highest BCUT2D eigenvalue weighted by atomic mass is 16.3. The lowest BCUT2D eigenvalue weighted by molar-refractivity contribution is 0.669. The van der Waals surface area contributed by atoms with Gasteiger partial charge in [0, 0.05) is 49.0 Å². The summed E-state index contributed by atoms with van der Waals surface area (Å²) in [5, 5.41) is 3.99. The first-order valence-corrected chi connectivity index (χ1v) is 18.4. The van der Waals surface area contributed by atoms with Crippen molar-refractivity contribution in [1.29, 1.82) is 0 Å². The SMILES string of the molecule is [2H]c1cc([2H])c2c(c1[2H])c1c([2H])c([2H])c([2H])c([2H])c1n2-c1ccccc1-c1nc(-c2cccc(-c3cccc4c3oc3ccccc34)c2)nc(-c2cccc3c2oc2ccccc23)n1. The van der Waals surface area contributed by atoms with Gasteiger partial charge in [0.25, 0.3) is 0 Å². The van der Waals surface area contributed by atoms with Gasteiger partial charge in [-0.1, -0.05) is 133 Å². The van der Waals surface area contributed by atoms with Crippen LogP contribution in [-0.2, 0) is 0 Å². The van der Waals surface area contributed by atoms with Crippen molar-refractivity contribution < 1.29 is 18.4 Å². The van der Waals surface area contributed by atoms with E-state index in [1.807, 2.05) is 115 Å². The second-order valence-electron chi connectivity index (χ2n) is 13.8. The van der Waals surface area contributed by atoms with Gasteiger partial charge in [0.2, 0.25) is 0 Å². The minimum Gasteiger partial charge on any atom is -0.455 e. The molecule has 0 radical (unpaired) electrons. The van der Waals surface area contributed by atoms with Gasteiger partial charge in [0.15, 0.2) is 17.5 Å². The fourth-order valence-corrected chi connectivity index (χ4v) is 8.04. The second-order valence-corrected chi connectivity index (χ2v) is 13.8. The van der Waals surface area contributed by atoms with Gasteiger partial charge in [-0.15, -0.1) is 0 Å². The second kappa shape index (κ2) is 12.3. The molecule has 0 atom stereocenters. The maximum Gasteiger partial charge on any atom is 0.167 e. The van der Waals surface area contributed by atoms with Crippen LogP contribution in [-0.4, -0.2) is 19.5 Å². The lowest BCUT2D eigenvalue weighted by atomic mass is 10.00. The number of nitrogens with zero attached hydrogens (tertiary/aromatic N) is 4. The number of fused-ring (bicyclic) bond motifs is 9. The molecule has 4 aromatic heterocycles. The van der Waals surface area contributed by atoms with Gasteiger partial charge in [-0.05, 0) is 54.0 Å². The molecule has 0 bridgehead atoms. The highest BCUT2D eigenvalue weighted by molar-refractivity contribution is 6.11. The molecule has 12 rings (SSSR count). The zero-order valence-corrected chi connectivity index (χ0v) is 29.9. The first-order chi connectivity index (χ1) is 31.2. The maximum atomic E-state index is 9.17. The molecule has 0 unspecified atom stereocenters. The highest BCUT2D eigenvalue weighted by Crippen LogP contribution is 2.40. The number of furan rings is 2. The molecule has 6 heteroatoms. The lowest BCUT2D eigenvalue weighted by Crippen LogP contribution is -2.03. The molecule has 0 aliphatic rings. The van der Waals surface area contributed by atoms with Crippen molar-refractivity contribution in [2.45, 2.75) is 0 Å². The summed E-state index contributed by atoms with van der Waals surface area (Å²) < 4.78 is 76.5. The van der Waals surface area contributed by atoms with Crippen LogP contribution in [0.5, 0.6) is 0 Å². The number of benzene rings is 8. The molecular weight excluding hydrogens is 701 g/mol. The van der Waals surface area contributed by atoms with Crippen LogP contribution < -0.4 is 0 Å². The van der Waals surface area contributed by atoms with E-state index in [-0.39, 0.29) is 57.8 Å². The third-order valence-electron chi connectivity index (χ3n) is 10.6. The first-order valence-electron chi connectivity index (χ1n) is 21.9. The Morgan fingerprint density at radius 2 is 0.947 bits per heavy atom. The summed E-state index contributed by atoms with van der Waals surface area (Å²) in [5.41, 5.74) is 7.03. The molecule has 0 aliphatic carbocycles. The van der Waals surface area contributed by atoms with Crippen molar-refractivity contribution in [3.63, 3.8) is 0 Å². The molecule has 266 valence electrons. The van der Waals surface area contributed by atoms with Crippen molar-refractivity contribution in [3.8, 4) is 51.0 Å². The van der Waals surface area contributed by atoms with Crippen LogP contribution in [0.2, 0.25) is 0 Å². The van der Waals surface area contributed by atoms with E-state index in [4.69, 9.17) is 33.4 Å². The van der Waals surface area contributed by atoms with Crippen LogP contribution in [0.15, 0.2) is 191 Å². The molecule has 12 aromatic rings. The Labute approximate surface area is 335 Å². The van der Waals surface area contributed by atoms with Gasteiger partial charge < -0.3 is 13.4 Å². The minimum atomic E-state index is -0.476. The van der Waals surface area contributed by atoms with E-state index >= 15 is 0 Å². The summed E-state index contributed by atoms with van der Waals surface area (Å²) in [4.78, 5) is 15.4. The average Bonchev–Trinajstić information content (AvgIpc) is 4.02. The molecule has 8 aromatic carbocycles. The number of hydrogen-bond acceptors (Lipinski definition) is 5. The first kappa shape index (κ1) is 25.3. The Morgan fingerprint density at radius 1 is 0.404 bits per heavy atom. The van der Waals surface area contributed by atoms with Gasteiger partial charge in [-0.2, -0.15) is 0 Å². The predicted octanol–water partition coefficient (Wildman–Crippen LogP) is 13.4. The maximum absolute atomic E-state index is 9.17. The fraction of sp³-hybridized carbons (Fsp3) is 0. The Bertz CT molecular complexity index is 3970. The summed E-state index contributed by atoms with van der Waals surface area (Å²) in [7, 11) is 0. The van der Waals surface area contributed by atoms with Crippen molar-refractivity contribution in [2.75, 3.05) is 0 Å². The van der Waals surface area contributed by atoms with Gasteiger partial charge in [-0.3, -0.25) is 0 Å². The Hall–Kier alpha value is -7.83. The summed E-state index contributed by atoms with van der Waals surface area (Å²) in [6.45, 7) is 0. The number of rotatable bonds is 5. The topological polar surface area (TPSA) is 69.9 Å². The quantitative estimate of drug-likeness (QED) is 0.176. The Balaban J connectivity index is 1.14. The molecule has 0 saturated heterocycles. The third-order valence-corrected chi connectivity index (χ3v) is 10.6. The molecule has 0 saturated carbocycles. The lowest BCUT2D eigenvalue weighted by Gasteiger charge is -2.15. The van der Waals surface area contributed by atoms with Crippen LogP contribution in [0.25, 0.3) is 117 Å². The number of hydrogen-bond donors (Lipinski definition) is 0. The summed E-state index contributed by atoms with van der Waals surface area (Å²) in [5.74, 6) is 0.903. The molecule has 0 aliphatic heterocycles. The molecule has 6 nitrogen and oxygen atoms in total. The third kappa shape index (κ3) is 4.87. The van der Waals surface area contributed by atoms with E-state index in [0.29, 0.717) is 45.2 Å². The summed E-state index contributed by atoms with van der Waals surface area (Å²) >= 11 is 0. The van der Waals surface area contributed by atoms with Crippen molar-refractivity contribution in [3.05, 3.63) is 182 Å². The minimum absolute atomic E-state index is 0.0493. The van der Waals surface area contributed by atoms with E-state index in [2.05, 4.69) is 6.07 Å². The zero-order valence-electron chi connectivity index (χ0n) is 36.9. The molecule has 0 fully saturated rings. The molecule has 0 N–H and O–H groups in total. The van der Waals surface area contributed by atoms with Gasteiger partial charge in [-0.25, -0.2) is 15.0 Å². The number of aromatic nitrogens is 4. The standard InChI is InChI=1S/C51H30N4O2/c1-6-25-42-34(16-1)35-17-2-7-26-43(35)55(42)44-27-8-3-20-40(44)50-52-49(53-51(54-50)41-24-13-23-39-37-19-5-10-29-46(37)57-48(39)41)32-15-11-14-31(30-32)33-21-12-22-38-36-18-4-9-28-45(36)56-47(33)38/h1-30H/i1D,2D,6D,16D,17D,25D,26D. The van der Waals surface area contributed by atoms with Crippen LogP contribution in [0.1, 0.15) is 9.60 Å². The van der Waals surface area contributed by atoms with Crippen LogP contribution in [0, 0.1) is 0 Å². The highest BCUT2D eigenvalue weighted by Gasteiger charge is 2.21. The Kier molecular flexibility index (Phi) is 5.48. The average molecular weight is 738 g/mol. The van der Waals surface area contributed by atoms with Crippen molar-refractivity contribution in [1.82, 2.24) is 19.5 Å². The van der Waals surface area contributed by atoms with Gasteiger partial charge >= 0.3 is 0 Å². The van der Waals surface area contributed by atoms with E-state index in [9.17, 15) is 0 Å². The zero-order chi connectivity index (χ0) is 43.5. The largest absolute Gasteiger partial charge is 0.455 e. The molecule has 4 heterocycles. The monoisotopic (exact) mass is 737 g/mol. The van der Waals surface area contributed by atoms with E-state index in [1.54, 1.807) is 16.7 Å². The van der Waals surface area contributed by atoms with Gasteiger partial charge in [0.1, 0.15) is 22.3 Å². The molecule has 0 spiro atoms. The molecular formula is C51H30N4O2. The summed E-state index contributed by atoms with van der Waals surface area (Å²) in [6, 6.07) is 41.8. The Morgan fingerprint density at radius 3 is 1.74 bits per heavy atom. The fourth-order valence-electron chi connectivity index (χ4n) is 8.04. The van der Waals surface area contributed by atoms with E-state index in [1.165, 1.54) is 6.07 Å². The number of para-hydroxylation sites is 7. The predicted molar refractivity (Wildman–Crippen MR) is 230 cm³/mol. The van der Waals surface area contributed by atoms with E-state index < -0.39 is 12.1 Å². The van der Waals surface area contributed by atoms with Crippen LogP contribution in [0.3, 0.4) is 0 Å². The van der Waals surface area contributed by atoms with Crippen molar-refractivity contribution in [2.24, 2.45) is 0 Å². The van der Waals surface area contributed by atoms with Crippen LogP contribution >= 0.6 is 0 Å². The van der Waals surface area contributed by atoms with Gasteiger partial charge in [0.05, 0.1) is 31.9 Å². The smallest absolute Gasteiger partial charge is 0.167 e. The van der Waals surface area contributed by atoms with E-state index in [0.717, 1.165) is 43.8 Å². The molecule has 0 amide bonds. The van der Waals surface area contributed by atoms with Crippen LogP contribution in [0.4, 0.5) is 0 Å². The normalized spacial score (nSPS) is 13.6. The summed E-state index contributed by atoms with van der Waals surface area (Å²) in [6.07, 6.45) is 0.